The van der Waals surface area contributed by atoms with Crippen LogP contribution >= 0.6 is 23.2 Å². The number of hydrogen-bond acceptors (Lipinski definition) is 1. The summed E-state index contributed by atoms with van der Waals surface area (Å²) < 4.78 is 20.8. The summed E-state index contributed by atoms with van der Waals surface area (Å²) in [5.74, 6) is 1.23. The molecule has 1 unspecified atom stereocenters. The first-order valence-corrected chi connectivity index (χ1v) is 12.8. The standard InChI is InChI=1S/C29H37Cl2FO/c1-6-14-29(5,21(4)33-18-19(2)22-10-11-22)17-26(24-8-7-9-25(30)15-24)20(3)23-12-13-27(31)28(32)16-23/h6-9,12-13,15-16,19-22,26H,1,10-11,14,17-18H2,2-5H3/t19-,20-,21?,26+,29+/m1/s1. The van der Waals surface area contributed by atoms with Gasteiger partial charge in [-0.3, -0.25) is 0 Å². The Kier molecular flexibility index (Phi) is 9.06. The van der Waals surface area contributed by atoms with E-state index < -0.39 is 0 Å². The van der Waals surface area contributed by atoms with Crippen molar-refractivity contribution in [2.45, 2.75) is 71.3 Å². The van der Waals surface area contributed by atoms with Gasteiger partial charge in [0.05, 0.1) is 11.1 Å². The number of allylic oxidation sites excluding steroid dienone is 1. The third-order valence-corrected chi connectivity index (χ3v) is 8.21. The van der Waals surface area contributed by atoms with Crippen LogP contribution in [0.3, 0.4) is 0 Å². The van der Waals surface area contributed by atoms with Crippen molar-refractivity contribution < 1.29 is 9.13 Å². The van der Waals surface area contributed by atoms with Crippen molar-refractivity contribution in [3.8, 4) is 0 Å². The summed E-state index contributed by atoms with van der Waals surface area (Å²) in [6.45, 7) is 13.7. The highest BCUT2D eigenvalue weighted by atomic mass is 35.5. The lowest BCUT2D eigenvalue weighted by Gasteiger charge is -2.40. The fourth-order valence-electron chi connectivity index (χ4n) is 4.89. The number of rotatable bonds is 12. The molecular weight excluding hydrogens is 454 g/mol. The van der Waals surface area contributed by atoms with Crippen LogP contribution in [0.25, 0.3) is 0 Å². The Morgan fingerprint density at radius 3 is 2.45 bits per heavy atom. The van der Waals surface area contributed by atoms with Gasteiger partial charge in [-0.25, -0.2) is 4.39 Å². The Morgan fingerprint density at radius 1 is 1.12 bits per heavy atom. The van der Waals surface area contributed by atoms with Crippen LogP contribution in [-0.4, -0.2) is 12.7 Å². The second-order valence-electron chi connectivity index (χ2n) is 10.3. The maximum Gasteiger partial charge on any atom is 0.142 e. The molecule has 0 saturated heterocycles. The quantitative estimate of drug-likeness (QED) is 0.269. The minimum Gasteiger partial charge on any atom is -0.378 e. The molecule has 1 nitrogen and oxygen atoms in total. The summed E-state index contributed by atoms with van der Waals surface area (Å²) in [5.41, 5.74) is 1.95. The van der Waals surface area contributed by atoms with Gasteiger partial charge in [0, 0.05) is 11.6 Å². The van der Waals surface area contributed by atoms with E-state index in [9.17, 15) is 4.39 Å². The largest absolute Gasteiger partial charge is 0.378 e. The van der Waals surface area contributed by atoms with Crippen LogP contribution in [0.2, 0.25) is 10.0 Å². The van der Waals surface area contributed by atoms with Gasteiger partial charge in [0.25, 0.3) is 0 Å². The number of hydrogen-bond donors (Lipinski definition) is 0. The highest BCUT2D eigenvalue weighted by molar-refractivity contribution is 6.31. The van der Waals surface area contributed by atoms with Gasteiger partial charge in [-0.2, -0.15) is 0 Å². The molecule has 2 aromatic carbocycles. The summed E-state index contributed by atoms with van der Waals surface area (Å²) in [5, 5.41) is 0.855. The molecule has 1 aliphatic rings. The molecule has 0 N–H and O–H groups in total. The lowest BCUT2D eigenvalue weighted by molar-refractivity contribution is -0.0429. The first kappa shape index (κ1) is 26.3. The minimum atomic E-state index is -0.384. The van der Waals surface area contributed by atoms with E-state index in [0.29, 0.717) is 10.9 Å². The van der Waals surface area contributed by atoms with Gasteiger partial charge in [0.1, 0.15) is 5.82 Å². The maximum absolute atomic E-state index is 14.3. The second kappa shape index (κ2) is 11.4. The van der Waals surface area contributed by atoms with Crippen molar-refractivity contribution in [2.24, 2.45) is 17.3 Å². The molecule has 2 aromatic rings. The molecule has 0 bridgehead atoms. The van der Waals surface area contributed by atoms with Gasteiger partial charge in [0.15, 0.2) is 0 Å². The van der Waals surface area contributed by atoms with Gasteiger partial charge in [-0.15, -0.1) is 6.58 Å². The van der Waals surface area contributed by atoms with Crippen molar-refractivity contribution >= 4 is 23.2 Å². The average Bonchev–Trinajstić information content (AvgIpc) is 3.63. The Bertz CT molecular complexity index is 941. The van der Waals surface area contributed by atoms with Crippen molar-refractivity contribution in [3.05, 3.63) is 82.1 Å². The molecule has 1 saturated carbocycles. The summed E-state index contributed by atoms with van der Waals surface area (Å²) in [4.78, 5) is 0. The zero-order valence-electron chi connectivity index (χ0n) is 20.3. The Morgan fingerprint density at radius 2 is 1.85 bits per heavy atom. The molecule has 0 amide bonds. The average molecular weight is 492 g/mol. The topological polar surface area (TPSA) is 9.23 Å². The lowest BCUT2D eigenvalue weighted by Crippen LogP contribution is -2.35. The van der Waals surface area contributed by atoms with Crippen molar-refractivity contribution in [2.75, 3.05) is 6.61 Å². The van der Waals surface area contributed by atoms with Crippen LogP contribution in [0, 0.1) is 23.1 Å². The summed E-state index contributed by atoms with van der Waals surface area (Å²) in [6, 6.07) is 13.2. The predicted molar refractivity (Wildman–Crippen MR) is 139 cm³/mol. The van der Waals surface area contributed by atoms with Gasteiger partial charge in [0.2, 0.25) is 0 Å². The molecule has 1 fully saturated rings. The normalized spacial score (nSPS) is 19.4. The fourth-order valence-corrected chi connectivity index (χ4v) is 5.21. The van der Waals surface area contributed by atoms with Crippen LogP contribution in [0.5, 0.6) is 0 Å². The summed E-state index contributed by atoms with van der Waals surface area (Å²) >= 11 is 12.3. The van der Waals surface area contributed by atoms with Crippen molar-refractivity contribution in [1.29, 1.82) is 0 Å². The van der Waals surface area contributed by atoms with Gasteiger partial charge in [-0.1, -0.05) is 68.2 Å². The van der Waals surface area contributed by atoms with E-state index in [1.807, 2.05) is 30.3 Å². The SMILES string of the molecule is C=CC[C@@](C)(C[C@H](c1cccc(Cl)c1)[C@H](C)c1ccc(Cl)c(F)c1)C(C)OC[C@@H](C)C1CC1. The highest BCUT2D eigenvalue weighted by Gasteiger charge is 2.37. The van der Waals surface area contributed by atoms with Crippen LogP contribution in [0.15, 0.2) is 55.1 Å². The third-order valence-electron chi connectivity index (χ3n) is 7.66. The molecule has 33 heavy (non-hydrogen) atoms. The zero-order valence-corrected chi connectivity index (χ0v) is 21.8. The molecule has 0 aliphatic heterocycles. The monoisotopic (exact) mass is 490 g/mol. The van der Waals surface area contributed by atoms with Crippen molar-refractivity contribution in [3.63, 3.8) is 0 Å². The molecule has 0 aromatic heterocycles. The smallest absolute Gasteiger partial charge is 0.142 e. The van der Waals surface area contributed by atoms with E-state index in [4.69, 9.17) is 27.9 Å². The molecular formula is C29H37Cl2FO. The fraction of sp³-hybridized carbons (Fsp3) is 0.517. The van der Waals surface area contributed by atoms with E-state index in [2.05, 4.69) is 40.3 Å². The molecule has 180 valence electrons. The minimum absolute atomic E-state index is 0.0625. The summed E-state index contributed by atoms with van der Waals surface area (Å²) in [6.07, 6.45) is 6.41. The first-order chi connectivity index (χ1) is 15.6. The van der Waals surface area contributed by atoms with E-state index in [-0.39, 0.29) is 34.2 Å². The van der Waals surface area contributed by atoms with Crippen LogP contribution in [0.1, 0.15) is 76.3 Å². The van der Waals surface area contributed by atoms with Gasteiger partial charge in [-0.05, 0) is 97.1 Å². The zero-order chi connectivity index (χ0) is 24.2. The maximum atomic E-state index is 14.3. The van der Waals surface area contributed by atoms with Gasteiger partial charge >= 0.3 is 0 Å². The predicted octanol–water partition coefficient (Wildman–Crippen LogP) is 9.44. The Balaban J connectivity index is 1.89. The molecule has 5 atom stereocenters. The number of halogens is 3. The number of ether oxygens (including phenoxy) is 1. The molecule has 1 aliphatic carbocycles. The van der Waals surface area contributed by atoms with E-state index >= 15 is 0 Å². The van der Waals surface area contributed by atoms with E-state index in [0.717, 1.165) is 36.5 Å². The third kappa shape index (κ3) is 6.84. The van der Waals surface area contributed by atoms with Crippen molar-refractivity contribution in [1.82, 2.24) is 0 Å². The molecule has 3 rings (SSSR count). The number of benzene rings is 2. The molecule has 0 spiro atoms. The summed E-state index contributed by atoms with van der Waals surface area (Å²) in [7, 11) is 0. The molecule has 0 heterocycles. The highest BCUT2D eigenvalue weighted by Crippen LogP contribution is 2.46. The van der Waals surface area contributed by atoms with E-state index in [1.54, 1.807) is 12.1 Å². The van der Waals surface area contributed by atoms with Crippen LogP contribution < -0.4 is 0 Å². The Labute approximate surface area is 209 Å². The lowest BCUT2D eigenvalue weighted by atomic mass is 9.68. The Hall–Kier alpha value is -1.35. The van der Waals surface area contributed by atoms with E-state index in [1.165, 1.54) is 12.8 Å². The second-order valence-corrected chi connectivity index (χ2v) is 11.1. The van der Waals surface area contributed by atoms with Crippen LogP contribution in [-0.2, 0) is 4.74 Å². The molecule has 0 radical (unpaired) electrons. The van der Waals surface area contributed by atoms with Crippen LogP contribution in [0.4, 0.5) is 4.39 Å². The first-order valence-electron chi connectivity index (χ1n) is 12.1. The van der Waals surface area contributed by atoms with Gasteiger partial charge < -0.3 is 4.74 Å². The molecule has 4 heteroatoms.